The van der Waals surface area contributed by atoms with E-state index in [9.17, 15) is 9.59 Å². The van der Waals surface area contributed by atoms with Gasteiger partial charge in [0.05, 0.1) is 5.56 Å². The molecular formula is C13H18O3. The van der Waals surface area contributed by atoms with Crippen LogP contribution in [0.2, 0.25) is 0 Å². The Labute approximate surface area is 96.1 Å². The number of carbonyl (C=O) groups excluding carboxylic acids is 2. The van der Waals surface area contributed by atoms with E-state index in [1.54, 1.807) is 18.2 Å². The zero-order valence-corrected chi connectivity index (χ0v) is 9.77. The van der Waals surface area contributed by atoms with Crippen molar-refractivity contribution in [2.75, 3.05) is 0 Å². The predicted octanol–water partition coefficient (Wildman–Crippen LogP) is 2.97. The minimum atomic E-state index is -0.113. The molecule has 3 heteroatoms. The van der Waals surface area contributed by atoms with Crippen LogP contribution >= 0.6 is 0 Å². The minimum absolute atomic E-state index is 0.0509. The van der Waals surface area contributed by atoms with Gasteiger partial charge in [0.1, 0.15) is 12.0 Å². The summed E-state index contributed by atoms with van der Waals surface area (Å²) < 4.78 is 0. The van der Waals surface area contributed by atoms with Gasteiger partial charge in [-0.05, 0) is 25.5 Å². The number of rotatable bonds is 4. The highest BCUT2D eigenvalue weighted by Crippen LogP contribution is 2.15. The van der Waals surface area contributed by atoms with Crippen molar-refractivity contribution in [2.24, 2.45) is 0 Å². The summed E-state index contributed by atoms with van der Waals surface area (Å²) in [5.74, 6) is -0.0619. The molecule has 0 saturated heterocycles. The van der Waals surface area contributed by atoms with Crippen molar-refractivity contribution in [1.82, 2.24) is 0 Å². The maximum atomic E-state index is 10.7. The van der Waals surface area contributed by atoms with E-state index < -0.39 is 0 Å². The summed E-state index contributed by atoms with van der Waals surface area (Å²) in [4.78, 5) is 20.3. The first kappa shape index (κ1) is 14.4. The van der Waals surface area contributed by atoms with Crippen LogP contribution in [0.5, 0.6) is 5.75 Å². The molecule has 0 unspecified atom stereocenters. The minimum Gasteiger partial charge on any atom is -0.507 e. The number of Topliss-reactive ketones (excluding diaryl/α,β-unsaturated/α-hetero) is 1. The van der Waals surface area contributed by atoms with Gasteiger partial charge in [-0.3, -0.25) is 4.79 Å². The Bertz CT molecular complexity index is 332. The molecule has 0 radical (unpaired) electrons. The zero-order chi connectivity index (χ0) is 12.4. The van der Waals surface area contributed by atoms with E-state index in [1.165, 1.54) is 13.0 Å². The number of ketones is 1. The van der Waals surface area contributed by atoms with Gasteiger partial charge in [0, 0.05) is 6.42 Å². The van der Waals surface area contributed by atoms with E-state index in [1.807, 2.05) is 0 Å². The fourth-order valence-electron chi connectivity index (χ4n) is 1.06. The van der Waals surface area contributed by atoms with Gasteiger partial charge in [-0.1, -0.05) is 25.5 Å². The number of unbranched alkanes of at least 4 members (excludes halogenated alkanes) is 2. The van der Waals surface area contributed by atoms with Crippen LogP contribution in [0.15, 0.2) is 24.3 Å². The van der Waals surface area contributed by atoms with Gasteiger partial charge in [0.15, 0.2) is 5.78 Å². The maximum Gasteiger partial charge on any atom is 0.163 e. The van der Waals surface area contributed by atoms with Crippen molar-refractivity contribution >= 4 is 12.1 Å². The average Bonchev–Trinajstić information content (AvgIpc) is 2.27. The monoisotopic (exact) mass is 222 g/mol. The van der Waals surface area contributed by atoms with E-state index in [2.05, 4.69) is 6.92 Å². The lowest BCUT2D eigenvalue weighted by Crippen LogP contribution is -1.90. The molecule has 0 aliphatic rings. The van der Waals surface area contributed by atoms with Crippen molar-refractivity contribution in [2.45, 2.75) is 33.1 Å². The van der Waals surface area contributed by atoms with Crippen molar-refractivity contribution < 1.29 is 14.7 Å². The first-order chi connectivity index (χ1) is 7.63. The maximum absolute atomic E-state index is 10.7. The van der Waals surface area contributed by atoms with Crippen molar-refractivity contribution in [3.8, 4) is 5.75 Å². The third-order valence-corrected chi connectivity index (χ3v) is 1.96. The lowest BCUT2D eigenvalue weighted by atomic mass is 10.1. The second-order valence-electron chi connectivity index (χ2n) is 3.38. The Morgan fingerprint density at radius 3 is 2.31 bits per heavy atom. The first-order valence-corrected chi connectivity index (χ1v) is 5.36. The Morgan fingerprint density at radius 2 is 2.00 bits per heavy atom. The molecule has 0 atom stereocenters. The third-order valence-electron chi connectivity index (χ3n) is 1.96. The molecule has 0 spiro atoms. The van der Waals surface area contributed by atoms with Crippen LogP contribution in [0, 0.1) is 0 Å². The number of aldehydes is 1. The first-order valence-electron chi connectivity index (χ1n) is 5.36. The molecule has 0 aliphatic heterocycles. The largest absolute Gasteiger partial charge is 0.507 e. The zero-order valence-electron chi connectivity index (χ0n) is 9.77. The van der Waals surface area contributed by atoms with Gasteiger partial charge in [0.25, 0.3) is 0 Å². The van der Waals surface area contributed by atoms with Crippen LogP contribution in [0.3, 0.4) is 0 Å². The van der Waals surface area contributed by atoms with E-state index >= 15 is 0 Å². The molecule has 1 aromatic rings. The summed E-state index contributed by atoms with van der Waals surface area (Å²) in [6.45, 7) is 3.50. The molecule has 1 rings (SSSR count). The Hall–Kier alpha value is -1.64. The molecule has 1 aromatic carbocycles. The number of para-hydroxylation sites is 1. The van der Waals surface area contributed by atoms with Crippen LogP contribution < -0.4 is 0 Å². The molecule has 0 saturated carbocycles. The summed E-state index contributed by atoms with van der Waals surface area (Å²) in [5.41, 5.74) is 0.377. The standard InChI is InChI=1S/C8H8O2.C5H10O/c1-6(9)7-4-2-3-5-8(7)10;1-2-3-4-5-6/h2-5,10H,1H3;5H,2-4H2,1H3. The van der Waals surface area contributed by atoms with Crippen molar-refractivity contribution in [1.29, 1.82) is 0 Å². The van der Waals surface area contributed by atoms with Gasteiger partial charge >= 0.3 is 0 Å². The molecule has 3 nitrogen and oxygen atoms in total. The fraction of sp³-hybridized carbons (Fsp3) is 0.385. The summed E-state index contributed by atoms with van der Waals surface area (Å²) in [7, 11) is 0. The van der Waals surface area contributed by atoms with E-state index in [-0.39, 0.29) is 11.5 Å². The summed E-state index contributed by atoms with van der Waals surface area (Å²) in [5, 5.41) is 9.06. The molecule has 88 valence electrons. The summed E-state index contributed by atoms with van der Waals surface area (Å²) >= 11 is 0. The highest BCUT2D eigenvalue weighted by molar-refractivity contribution is 5.96. The van der Waals surface area contributed by atoms with Crippen molar-refractivity contribution in [3.63, 3.8) is 0 Å². The van der Waals surface area contributed by atoms with E-state index in [0.717, 1.165) is 25.5 Å². The van der Waals surface area contributed by atoms with Crippen LogP contribution in [-0.4, -0.2) is 17.2 Å². The number of carbonyl (C=O) groups is 2. The van der Waals surface area contributed by atoms with E-state index in [0.29, 0.717) is 5.56 Å². The topological polar surface area (TPSA) is 54.4 Å². The number of phenols is 1. The average molecular weight is 222 g/mol. The quantitative estimate of drug-likeness (QED) is 0.484. The van der Waals surface area contributed by atoms with Crippen LogP contribution in [0.25, 0.3) is 0 Å². The number of hydrogen-bond acceptors (Lipinski definition) is 3. The second kappa shape index (κ2) is 8.65. The molecule has 0 aliphatic carbocycles. The molecule has 16 heavy (non-hydrogen) atoms. The molecule has 0 aromatic heterocycles. The van der Waals surface area contributed by atoms with Gasteiger partial charge in [-0.2, -0.15) is 0 Å². The normalized spacial score (nSPS) is 8.88. The second-order valence-corrected chi connectivity index (χ2v) is 3.38. The van der Waals surface area contributed by atoms with Gasteiger partial charge < -0.3 is 9.90 Å². The molecule has 0 heterocycles. The van der Waals surface area contributed by atoms with Crippen LogP contribution in [0.1, 0.15) is 43.5 Å². The van der Waals surface area contributed by atoms with Crippen LogP contribution in [0.4, 0.5) is 0 Å². The lowest BCUT2D eigenvalue weighted by Gasteiger charge is -1.96. The number of phenolic OH excluding ortho intramolecular Hbond substituents is 1. The Balaban J connectivity index is 0.000000325. The third kappa shape index (κ3) is 5.96. The molecule has 0 bridgehead atoms. The van der Waals surface area contributed by atoms with Crippen LogP contribution in [-0.2, 0) is 4.79 Å². The van der Waals surface area contributed by atoms with Gasteiger partial charge in [-0.25, -0.2) is 0 Å². The molecule has 1 N–H and O–H groups in total. The Morgan fingerprint density at radius 1 is 1.38 bits per heavy atom. The summed E-state index contributed by atoms with van der Waals surface area (Å²) in [6.07, 6.45) is 3.86. The number of benzene rings is 1. The van der Waals surface area contributed by atoms with Crippen molar-refractivity contribution in [3.05, 3.63) is 29.8 Å². The smallest absolute Gasteiger partial charge is 0.163 e. The highest BCUT2D eigenvalue weighted by atomic mass is 16.3. The van der Waals surface area contributed by atoms with E-state index in [4.69, 9.17) is 5.11 Å². The fourth-order valence-corrected chi connectivity index (χ4v) is 1.06. The summed E-state index contributed by atoms with van der Waals surface area (Å²) in [6, 6.07) is 6.49. The van der Waals surface area contributed by atoms with Gasteiger partial charge in [0.2, 0.25) is 0 Å². The number of hydrogen-bond donors (Lipinski definition) is 1. The highest BCUT2D eigenvalue weighted by Gasteiger charge is 2.02. The number of aromatic hydroxyl groups is 1. The molecule has 0 fully saturated rings. The molecule has 0 amide bonds. The Kier molecular flexibility index (Phi) is 7.76. The molecular weight excluding hydrogens is 204 g/mol. The van der Waals surface area contributed by atoms with Gasteiger partial charge in [-0.15, -0.1) is 0 Å². The predicted molar refractivity (Wildman–Crippen MR) is 63.7 cm³/mol. The lowest BCUT2D eigenvalue weighted by molar-refractivity contribution is -0.107. The SMILES string of the molecule is CC(=O)c1ccccc1O.CCCCC=O.